The zero-order chi connectivity index (χ0) is 14.7. The lowest BCUT2D eigenvalue weighted by Crippen LogP contribution is -2.01. The molecule has 0 amide bonds. The van der Waals surface area contributed by atoms with Crippen LogP contribution in [-0.2, 0) is 6.54 Å². The average Bonchev–Trinajstić information content (AvgIpc) is 2.39. The van der Waals surface area contributed by atoms with Crippen LogP contribution >= 0.6 is 15.9 Å². The van der Waals surface area contributed by atoms with Crippen molar-refractivity contribution in [2.45, 2.75) is 13.5 Å². The van der Waals surface area contributed by atoms with E-state index in [1.165, 1.54) is 12.1 Å². The van der Waals surface area contributed by atoms with Gasteiger partial charge in [0.2, 0.25) is 0 Å². The van der Waals surface area contributed by atoms with Crippen LogP contribution in [0.15, 0.2) is 40.9 Å². The van der Waals surface area contributed by atoms with E-state index in [4.69, 9.17) is 0 Å². The van der Waals surface area contributed by atoms with Crippen LogP contribution in [0.5, 0.6) is 0 Å². The third-order valence-corrected chi connectivity index (χ3v) is 3.68. The van der Waals surface area contributed by atoms with Gasteiger partial charge in [0.1, 0.15) is 5.82 Å². The predicted octanol–water partition coefficient (Wildman–Crippen LogP) is 4.42. The summed E-state index contributed by atoms with van der Waals surface area (Å²) in [6.07, 6.45) is 0. The second-order valence-corrected chi connectivity index (χ2v) is 5.25. The topological polar surface area (TPSA) is 55.2 Å². The summed E-state index contributed by atoms with van der Waals surface area (Å²) in [5.41, 5.74) is 2.23. The summed E-state index contributed by atoms with van der Waals surface area (Å²) in [5.74, 6) is -0.633. The largest absolute Gasteiger partial charge is 0.381 e. The fourth-order valence-electron chi connectivity index (χ4n) is 1.73. The number of nitro benzene ring substituents is 1. The van der Waals surface area contributed by atoms with Crippen molar-refractivity contribution < 1.29 is 9.31 Å². The number of non-ortho nitro benzene ring substituents is 1. The van der Waals surface area contributed by atoms with Crippen LogP contribution in [0, 0.1) is 22.9 Å². The molecule has 2 aromatic carbocycles. The van der Waals surface area contributed by atoms with Crippen molar-refractivity contribution in [3.8, 4) is 0 Å². The highest BCUT2D eigenvalue weighted by Gasteiger charge is 2.09. The summed E-state index contributed by atoms with van der Waals surface area (Å²) in [4.78, 5) is 10.1. The monoisotopic (exact) mass is 338 g/mol. The first-order valence-corrected chi connectivity index (χ1v) is 6.69. The molecule has 0 fully saturated rings. The Labute approximate surface area is 123 Å². The molecule has 0 saturated carbocycles. The maximum Gasteiger partial charge on any atom is 0.274 e. The van der Waals surface area contributed by atoms with Crippen molar-refractivity contribution in [3.05, 3.63) is 67.9 Å². The third-order valence-electron chi connectivity index (χ3n) is 2.83. The lowest BCUT2D eigenvalue weighted by molar-refractivity contribution is -0.385. The van der Waals surface area contributed by atoms with Crippen LogP contribution in [-0.4, -0.2) is 4.92 Å². The quantitative estimate of drug-likeness (QED) is 0.663. The van der Waals surface area contributed by atoms with Crippen molar-refractivity contribution in [1.29, 1.82) is 0 Å². The first-order valence-electron chi connectivity index (χ1n) is 5.89. The Morgan fingerprint density at radius 1 is 1.30 bits per heavy atom. The Kier molecular flexibility index (Phi) is 4.34. The van der Waals surface area contributed by atoms with Gasteiger partial charge < -0.3 is 5.32 Å². The van der Waals surface area contributed by atoms with Gasteiger partial charge in [-0.25, -0.2) is 4.39 Å². The zero-order valence-corrected chi connectivity index (χ0v) is 12.3. The van der Waals surface area contributed by atoms with Crippen molar-refractivity contribution in [2.24, 2.45) is 0 Å². The molecule has 20 heavy (non-hydrogen) atoms. The van der Waals surface area contributed by atoms with Crippen LogP contribution in [0.2, 0.25) is 0 Å². The molecule has 0 bridgehead atoms. The number of nitrogens with zero attached hydrogens (tertiary/aromatic N) is 1. The second kappa shape index (κ2) is 6.00. The minimum Gasteiger partial charge on any atom is -0.381 e. The van der Waals surface area contributed by atoms with E-state index in [0.717, 1.165) is 21.7 Å². The lowest BCUT2D eigenvalue weighted by Gasteiger charge is -2.08. The highest BCUT2D eigenvalue weighted by molar-refractivity contribution is 9.10. The fraction of sp³-hybridized carbons (Fsp3) is 0.143. The van der Waals surface area contributed by atoms with E-state index >= 15 is 0 Å². The molecule has 0 aliphatic carbocycles. The predicted molar refractivity (Wildman–Crippen MR) is 79.3 cm³/mol. The van der Waals surface area contributed by atoms with Crippen molar-refractivity contribution in [1.82, 2.24) is 0 Å². The first-order chi connectivity index (χ1) is 9.45. The molecular weight excluding hydrogens is 327 g/mol. The fourth-order valence-corrected chi connectivity index (χ4v) is 2.16. The van der Waals surface area contributed by atoms with Crippen LogP contribution < -0.4 is 5.32 Å². The average molecular weight is 339 g/mol. The highest BCUT2D eigenvalue weighted by Crippen LogP contribution is 2.22. The van der Waals surface area contributed by atoms with Gasteiger partial charge in [0, 0.05) is 22.8 Å². The summed E-state index contributed by atoms with van der Waals surface area (Å²) in [6, 6.07) is 9.31. The van der Waals surface area contributed by atoms with E-state index in [0.29, 0.717) is 12.2 Å². The SMILES string of the molecule is Cc1ccc(CNc2cc(F)cc([N+](=O)[O-])c2)cc1Br. The molecule has 0 radical (unpaired) electrons. The Balaban J connectivity index is 2.14. The number of benzene rings is 2. The zero-order valence-electron chi connectivity index (χ0n) is 10.7. The highest BCUT2D eigenvalue weighted by atomic mass is 79.9. The summed E-state index contributed by atoms with van der Waals surface area (Å²) in [7, 11) is 0. The maximum atomic E-state index is 13.3. The number of hydrogen-bond acceptors (Lipinski definition) is 3. The molecule has 0 spiro atoms. The van der Waals surface area contributed by atoms with Gasteiger partial charge in [0.15, 0.2) is 0 Å². The van der Waals surface area contributed by atoms with Gasteiger partial charge in [-0.2, -0.15) is 0 Å². The summed E-state index contributed by atoms with van der Waals surface area (Å²) in [5, 5.41) is 13.6. The second-order valence-electron chi connectivity index (χ2n) is 4.39. The standard InChI is InChI=1S/C14H12BrFN2O2/c1-9-2-3-10(4-14(9)15)8-17-12-5-11(16)6-13(7-12)18(19)20/h2-7,17H,8H2,1H3. The Bertz CT molecular complexity index is 662. The number of nitrogens with one attached hydrogen (secondary N) is 1. The van der Waals surface area contributed by atoms with Gasteiger partial charge >= 0.3 is 0 Å². The van der Waals surface area contributed by atoms with Gasteiger partial charge in [-0.15, -0.1) is 0 Å². The van der Waals surface area contributed by atoms with E-state index in [1.807, 2.05) is 25.1 Å². The smallest absolute Gasteiger partial charge is 0.274 e. The minimum absolute atomic E-state index is 0.266. The van der Waals surface area contributed by atoms with Gasteiger partial charge in [-0.05, 0) is 30.2 Å². The molecule has 0 heterocycles. The van der Waals surface area contributed by atoms with Crippen LogP contribution in [0.4, 0.5) is 15.8 Å². The van der Waals surface area contributed by atoms with E-state index in [9.17, 15) is 14.5 Å². The molecule has 2 aromatic rings. The van der Waals surface area contributed by atoms with Crippen molar-refractivity contribution in [2.75, 3.05) is 5.32 Å². The maximum absolute atomic E-state index is 13.3. The van der Waals surface area contributed by atoms with Crippen LogP contribution in [0.1, 0.15) is 11.1 Å². The molecule has 6 heteroatoms. The molecule has 0 aliphatic heterocycles. The summed E-state index contributed by atoms with van der Waals surface area (Å²) in [6.45, 7) is 2.44. The van der Waals surface area contributed by atoms with Crippen LogP contribution in [0.25, 0.3) is 0 Å². The molecule has 0 unspecified atom stereocenters. The Morgan fingerprint density at radius 3 is 2.70 bits per heavy atom. The van der Waals surface area contributed by atoms with E-state index in [1.54, 1.807) is 0 Å². The number of anilines is 1. The molecule has 0 aliphatic rings. The molecular formula is C14H12BrFN2O2. The normalized spacial score (nSPS) is 10.3. The van der Waals surface area contributed by atoms with Crippen LogP contribution in [0.3, 0.4) is 0 Å². The molecule has 0 atom stereocenters. The van der Waals surface area contributed by atoms with Gasteiger partial charge in [-0.3, -0.25) is 10.1 Å². The van der Waals surface area contributed by atoms with Crippen molar-refractivity contribution in [3.63, 3.8) is 0 Å². The number of aryl methyl sites for hydroxylation is 1. The van der Waals surface area contributed by atoms with E-state index in [-0.39, 0.29) is 5.69 Å². The summed E-state index contributed by atoms with van der Waals surface area (Å²) < 4.78 is 14.3. The third kappa shape index (κ3) is 3.54. The number of halogens is 2. The Morgan fingerprint density at radius 2 is 2.05 bits per heavy atom. The van der Waals surface area contributed by atoms with Gasteiger partial charge in [0.05, 0.1) is 11.0 Å². The first kappa shape index (κ1) is 14.5. The Hall–Kier alpha value is -1.95. The molecule has 0 saturated heterocycles. The van der Waals surface area contributed by atoms with Crippen molar-refractivity contribution >= 4 is 27.3 Å². The molecule has 0 aromatic heterocycles. The van der Waals surface area contributed by atoms with Gasteiger partial charge in [-0.1, -0.05) is 28.1 Å². The molecule has 1 N–H and O–H groups in total. The number of nitro groups is 1. The van der Waals surface area contributed by atoms with E-state index in [2.05, 4.69) is 21.2 Å². The number of hydrogen-bond donors (Lipinski definition) is 1. The molecule has 4 nitrogen and oxygen atoms in total. The number of rotatable bonds is 4. The summed E-state index contributed by atoms with van der Waals surface area (Å²) >= 11 is 3.44. The lowest BCUT2D eigenvalue weighted by atomic mass is 10.1. The van der Waals surface area contributed by atoms with Gasteiger partial charge in [0.25, 0.3) is 5.69 Å². The van der Waals surface area contributed by atoms with E-state index < -0.39 is 10.7 Å². The molecule has 104 valence electrons. The minimum atomic E-state index is -0.633. The molecule has 2 rings (SSSR count).